The molecule has 0 saturated carbocycles. The molecule has 1 rings (SSSR count). The van der Waals surface area contributed by atoms with Crippen LogP contribution in [0.25, 0.3) is 0 Å². The van der Waals surface area contributed by atoms with Gasteiger partial charge in [-0.1, -0.05) is 53.8 Å². The lowest BCUT2D eigenvalue weighted by Gasteiger charge is -2.23. The monoisotopic (exact) mass is 263 g/mol. The zero-order chi connectivity index (χ0) is 13.7. The zero-order valence-corrected chi connectivity index (χ0v) is 13.5. The van der Waals surface area contributed by atoms with Crippen LogP contribution in [-0.2, 0) is 0 Å². The molecule has 0 N–H and O–H groups in total. The molecule has 100 valence electrons. The second-order valence-electron chi connectivity index (χ2n) is 5.44. The van der Waals surface area contributed by atoms with Gasteiger partial charge in [-0.05, 0) is 36.3 Å². The van der Waals surface area contributed by atoms with E-state index in [4.69, 9.17) is 4.99 Å². The summed E-state index contributed by atoms with van der Waals surface area (Å²) in [6.45, 7) is 13.6. The van der Waals surface area contributed by atoms with Crippen molar-refractivity contribution >= 4 is 19.8 Å². The second-order valence-corrected chi connectivity index (χ2v) is 8.90. The summed E-state index contributed by atoms with van der Waals surface area (Å²) >= 11 is 0. The smallest absolute Gasteiger partial charge is 0.0684 e. The molecule has 0 atom stereocenters. The number of para-hydroxylation sites is 1. The Balaban J connectivity index is 2.75. The maximum Gasteiger partial charge on any atom is 0.0684 e. The van der Waals surface area contributed by atoms with Gasteiger partial charge in [-0.2, -0.15) is 0 Å². The number of hydrogen-bond acceptors (Lipinski definition) is 1. The fourth-order valence-electron chi connectivity index (χ4n) is 2.25. The summed E-state index contributed by atoms with van der Waals surface area (Å²) in [5.74, 6) is 0. The van der Waals surface area contributed by atoms with E-state index in [2.05, 4.69) is 66.0 Å². The maximum absolute atomic E-state index is 4.70. The van der Waals surface area contributed by atoms with Gasteiger partial charge in [0.05, 0.1) is 5.69 Å². The Morgan fingerprint density at radius 3 is 2.00 bits per heavy atom. The first kappa shape index (κ1) is 15.4. The number of aliphatic imine (C=N–C) groups is 1. The molecule has 1 aromatic rings. The predicted molar refractivity (Wildman–Crippen MR) is 86.1 cm³/mol. The Bertz CT molecular complexity index is 379. The van der Waals surface area contributed by atoms with Crippen molar-refractivity contribution < 1.29 is 0 Å². The Morgan fingerprint density at radius 2 is 1.56 bits per heavy atom. The first-order valence-corrected chi connectivity index (χ1v) is 8.44. The fraction of sp³-hybridized carbons (Fsp3) is 0.562. The largest absolute Gasteiger partial charge is 0.260 e. The van der Waals surface area contributed by atoms with Crippen LogP contribution in [0.5, 0.6) is 0 Å². The molecule has 0 heterocycles. The number of hydrogen-bond donors (Lipinski definition) is 0. The van der Waals surface area contributed by atoms with E-state index in [9.17, 15) is 0 Å². The van der Waals surface area contributed by atoms with Crippen LogP contribution in [0.2, 0.25) is 0 Å². The standard InChI is InChI=1S/C16H26NP/c1-12(2)18(13(3)4)11-10-17-16-14(5)8-7-9-15(16)6/h7-10,12-13H,11H2,1-6H3. The van der Waals surface area contributed by atoms with Gasteiger partial charge < -0.3 is 0 Å². The zero-order valence-electron chi connectivity index (χ0n) is 12.6. The molecule has 0 saturated heterocycles. The quantitative estimate of drug-likeness (QED) is 0.504. The van der Waals surface area contributed by atoms with Crippen LogP contribution in [0.15, 0.2) is 23.2 Å². The van der Waals surface area contributed by atoms with Gasteiger partial charge in [-0.3, -0.25) is 4.99 Å². The Morgan fingerprint density at radius 1 is 1.06 bits per heavy atom. The van der Waals surface area contributed by atoms with E-state index in [0.717, 1.165) is 23.2 Å². The highest BCUT2D eigenvalue weighted by Crippen LogP contribution is 2.45. The normalized spacial score (nSPS) is 12.3. The van der Waals surface area contributed by atoms with Gasteiger partial charge in [0.2, 0.25) is 0 Å². The van der Waals surface area contributed by atoms with Crippen molar-refractivity contribution in [2.45, 2.75) is 52.9 Å². The lowest BCUT2D eigenvalue weighted by Crippen LogP contribution is -2.07. The highest BCUT2D eigenvalue weighted by Gasteiger charge is 2.14. The summed E-state index contributed by atoms with van der Waals surface area (Å²) in [6, 6.07) is 6.36. The molecule has 0 unspecified atom stereocenters. The van der Waals surface area contributed by atoms with E-state index < -0.39 is 0 Å². The summed E-state index contributed by atoms with van der Waals surface area (Å²) in [7, 11) is 0.0565. The molecular formula is C16H26NP. The van der Waals surface area contributed by atoms with Crippen molar-refractivity contribution in [2.75, 3.05) is 6.16 Å². The van der Waals surface area contributed by atoms with Crippen molar-refractivity contribution in [1.82, 2.24) is 0 Å². The summed E-state index contributed by atoms with van der Waals surface area (Å²) in [4.78, 5) is 4.70. The van der Waals surface area contributed by atoms with E-state index in [1.165, 1.54) is 11.1 Å². The second kappa shape index (κ2) is 7.04. The molecule has 0 fully saturated rings. The van der Waals surface area contributed by atoms with Gasteiger partial charge in [0, 0.05) is 12.4 Å². The minimum atomic E-state index is 0.0565. The summed E-state index contributed by atoms with van der Waals surface area (Å²) in [6.07, 6.45) is 3.28. The van der Waals surface area contributed by atoms with Crippen molar-refractivity contribution in [2.24, 2.45) is 4.99 Å². The van der Waals surface area contributed by atoms with Gasteiger partial charge in [-0.15, -0.1) is 0 Å². The van der Waals surface area contributed by atoms with Crippen molar-refractivity contribution in [3.8, 4) is 0 Å². The predicted octanol–water partition coefficient (Wildman–Crippen LogP) is 5.30. The van der Waals surface area contributed by atoms with Crippen LogP contribution in [0.3, 0.4) is 0 Å². The molecule has 0 amide bonds. The third-order valence-corrected chi connectivity index (χ3v) is 6.52. The molecule has 0 spiro atoms. The Labute approximate surface area is 113 Å². The van der Waals surface area contributed by atoms with Crippen LogP contribution in [-0.4, -0.2) is 23.7 Å². The lowest BCUT2D eigenvalue weighted by molar-refractivity contribution is 1.01. The van der Waals surface area contributed by atoms with Gasteiger partial charge >= 0.3 is 0 Å². The van der Waals surface area contributed by atoms with E-state index in [1.807, 2.05) is 0 Å². The van der Waals surface area contributed by atoms with Crippen LogP contribution < -0.4 is 0 Å². The molecule has 0 aliphatic heterocycles. The van der Waals surface area contributed by atoms with E-state index in [-0.39, 0.29) is 7.92 Å². The molecule has 0 aliphatic rings. The van der Waals surface area contributed by atoms with Crippen molar-refractivity contribution in [3.63, 3.8) is 0 Å². The first-order chi connectivity index (χ1) is 8.43. The molecule has 0 radical (unpaired) electrons. The van der Waals surface area contributed by atoms with E-state index >= 15 is 0 Å². The molecule has 2 heteroatoms. The number of rotatable bonds is 5. The van der Waals surface area contributed by atoms with Crippen LogP contribution >= 0.6 is 7.92 Å². The van der Waals surface area contributed by atoms with Crippen molar-refractivity contribution in [3.05, 3.63) is 29.3 Å². The van der Waals surface area contributed by atoms with E-state index in [1.54, 1.807) is 0 Å². The van der Waals surface area contributed by atoms with Gasteiger partial charge in [-0.25, -0.2) is 0 Å². The number of benzene rings is 1. The lowest BCUT2D eigenvalue weighted by atomic mass is 10.1. The molecule has 18 heavy (non-hydrogen) atoms. The van der Waals surface area contributed by atoms with Crippen molar-refractivity contribution in [1.29, 1.82) is 0 Å². The molecular weight excluding hydrogens is 237 g/mol. The highest BCUT2D eigenvalue weighted by molar-refractivity contribution is 7.59. The number of nitrogens with zero attached hydrogens (tertiary/aromatic N) is 1. The SMILES string of the molecule is Cc1cccc(C)c1N=CCP(C(C)C)C(C)C. The van der Waals surface area contributed by atoms with Gasteiger partial charge in [0.25, 0.3) is 0 Å². The third kappa shape index (κ3) is 4.21. The first-order valence-electron chi connectivity index (χ1n) is 6.78. The minimum Gasteiger partial charge on any atom is -0.260 e. The highest BCUT2D eigenvalue weighted by atomic mass is 31.1. The molecule has 1 aromatic carbocycles. The van der Waals surface area contributed by atoms with Crippen LogP contribution in [0, 0.1) is 13.8 Å². The van der Waals surface area contributed by atoms with E-state index in [0.29, 0.717) is 0 Å². The molecule has 0 aromatic heterocycles. The van der Waals surface area contributed by atoms with Gasteiger partial charge in [0.1, 0.15) is 0 Å². The fourth-order valence-corrected chi connectivity index (χ4v) is 4.56. The topological polar surface area (TPSA) is 12.4 Å². The van der Waals surface area contributed by atoms with Crippen LogP contribution in [0.4, 0.5) is 5.69 Å². The summed E-state index contributed by atoms with van der Waals surface area (Å²) < 4.78 is 0. The molecule has 1 nitrogen and oxygen atoms in total. The molecule has 0 aliphatic carbocycles. The van der Waals surface area contributed by atoms with Gasteiger partial charge in [0.15, 0.2) is 0 Å². The molecule has 0 bridgehead atoms. The average molecular weight is 263 g/mol. The average Bonchev–Trinajstić information content (AvgIpc) is 2.26. The Kier molecular flexibility index (Phi) is 6.02. The Hall–Kier alpha value is -0.680. The number of aryl methyl sites for hydroxylation is 2. The summed E-state index contributed by atoms with van der Waals surface area (Å²) in [5.41, 5.74) is 5.25. The third-order valence-electron chi connectivity index (χ3n) is 3.28. The maximum atomic E-state index is 4.70. The van der Waals surface area contributed by atoms with Crippen LogP contribution in [0.1, 0.15) is 38.8 Å². The summed E-state index contributed by atoms with van der Waals surface area (Å²) in [5, 5.41) is 0. The minimum absolute atomic E-state index is 0.0565.